The molecular formula is C91H162O5. The minimum atomic E-state index is -0.776. The van der Waals surface area contributed by atoms with Gasteiger partial charge in [-0.2, -0.15) is 0 Å². The van der Waals surface area contributed by atoms with Crippen molar-refractivity contribution in [3.05, 3.63) is 109 Å². The summed E-state index contributed by atoms with van der Waals surface area (Å²) < 4.78 is 10.8. The highest BCUT2D eigenvalue weighted by molar-refractivity contribution is 5.70. The third kappa shape index (κ3) is 83.0. The number of hydrogen-bond donors (Lipinski definition) is 1. The van der Waals surface area contributed by atoms with E-state index < -0.39 is 6.10 Å². The number of aliphatic hydroxyl groups excluding tert-OH is 1. The van der Waals surface area contributed by atoms with E-state index in [-0.39, 0.29) is 25.2 Å². The SMILES string of the molecule is CC/C=C\C/C=C\C/C=C\C/C=C\C/C=C\C/C=C\C/C=C\C/C=C\CCCCCCCCCCCCCCCCCCC(=O)OC(CO)COC(=O)CCCCCCCCCCCCCCCCCCCCCCCCCCCCCCC/C=C\CCCCCCCCCC. The number of hydrogen-bond acceptors (Lipinski definition) is 5. The molecule has 0 heterocycles. The largest absolute Gasteiger partial charge is 0.462 e. The maximum atomic E-state index is 12.4. The number of rotatable bonds is 79. The predicted octanol–water partition coefficient (Wildman–Crippen LogP) is 30.2. The summed E-state index contributed by atoms with van der Waals surface area (Å²) >= 11 is 0. The van der Waals surface area contributed by atoms with Crippen LogP contribution in [0.3, 0.4) is 0 Å². The lowest BCUT2D eigenvalue weighted by molar-refractivity contribution is -0.161. The van der Waals surface area contributed by atoms with Crippen LogP contribution in [-0.4, -0.2) is 36.4 Å². The third-order valence-corrected chi connectivity index (χ3v) is 19.1. The van der Waals surface area contributed by atoms with Gasteiger partial charge in [0.15, 0.2) is 6.10 Å². The molecule has 0 aliphatic rings. The lowest BCUT2D eigenvalue weighted by Gasteiger charge is -2.15. The van der Waals surface area contributed by atoms with Gasteiger partial charge in [0, 0.05) is 12.8 Å². The van der Waals surface area contributed by atoms with E-state index in [1.165, 1.54) is 321 Å². The van der Waals surface area contributed by atoms with Crippen molar-refractivity contribution in [2.75, 3.05) is 13.2 Å². The molecule has 0 aromatic heterocycles. The van der Waals surface area contributed by atoms with Crippen LogP contribution in [-0.2, 0) is 19.1 Å². The quantitative estimate of drug-likeness (QED) is 0.0373. The van der Waals surface area contributed by atoms with Crippen molar-refractivity contribution < 1.29 is 24.2 Å². The fourth-order valence-electron chi connectivity index (χ4n) is 12.8. The van der Waals surface area contributed by atoms with Gasteiger partial charge in [0.25, 0.3) is 0 Å². The Morgan fingerprint density at radius 1 is 0.250 bits per heavy atom. The minimum Gasteiger partial charge on any atom is -0.462 e. The predicted molar refractivity (Wildman–Crippen MR) is 426 cm³/mol. The van der Waals surface area contributed by atoms with Gasteiger partial charge in [-0.05, 0) is 103 Å². The number of unbranched alkanes of at least 4 members (excludes halogenated alkanes) is 53. The molecule has 0 saturated carbocycles. The fourth-order valence-corrected chi connectivity index (χ4v) is 12.8. The van der Waals surface area contributed by atoms with Crippen molar-refractivity contribution in [1.82, 2.24) is 0 Å². The van der Waals surface area contributed by atoms with Crippen molar-refractivity contribution in [2.45, 2.75) is 444 Å². The Bertz CT molecular complexity index is 1810. The monoisotopic (exact) mass is 1340 g/mol. The summed E-state index contributed by atoms with van der Waals surface area (Å²) in [5.74, 6) is -0.571. The van der Waals surface area contributed by atoms with E-state index in [2.05, 4.69) is 123 Å². The molecule has 0 aliphatic heterocycles. The molecule has 1 N–H and O–H groups in total. The molecule has 0 fully saturated rings. The van der Waals surface area contributed by atoms with Crippen LogP contribution in [0.2, 0.25) is 0 Å². The first-order valence-corrected chi connectivity index (χ1v) is 42.4. The van der Waals surface area contributed by atoms with Crippen LogP contribution >= 0.6 is 0 Å². The second kappa shape index (κ2) is 85.8. The van der Waals surface area contributed by atoms with Gasteiger partial charge < -0.3 is 14.6 Å². The highest BCUT2D eigenvalue weighted by Crippen LogP contribution is 2.20. The number of esters is 2. The lowest BCUT2D eigenvalue weighted by Crippen LogP contribution is -2.28. The van der Waals surface area contributed by atoms with E-state index in [0.29, 0.717) is 12.8 Å². The van der Waals surface area contributed by atoms with Crippen LogP contribution in [0.4, 0.5) is 0 Å². The molecule has 0 radical (unpaired) electrons. The van der Waals surface area contributed by atoms with Crippen LogP contribution in [0.15, 0.2) is 109 Å². The Labute approximate surface area is 599 Å². The van der Waals surface area contributed by atoms with Gasteiger partial charge in [-0.1, -0.05) is 431 Å². The first-order chi connectivity index (χ1) is 47.6. The summed E-state index contributed by atoms with van der Waals surface area (Å²) in [6.07, 6.45) is 125. The zero-order valence-corrected chi connectivity index (χ0v) is 64.1. The molecule has 0 aromatic rings. The molecule has 0 saturated heterocycles. The average Bonchev–Trinajstić information content (AvgIpc) is 3.79. The molecule has 0 amide bonds. The molecule has 5 nitrogen and oxygen atoms in total. The molecule has 5 heteroatoms. The van der Waals surface area contributed by atoms with E-state index in [1.54, 1.807) is 0 Å². The summed E-state index contributed by atoms with van der Waals surface area (Å²) in [6.45, 7) is 4.08. The van der Waals surface area contributed by atoms with E-state index in [0.717, 1.165) is 89.9 Å². The molecule has 1 atom stereocenters. The van der Waals surface area contributed by atoms with Crippen molar-refractivity contribution in [1.29, 1.82) is 0 Å². The van der Waals surface area contributed by atoms with E-state index in [1.807, 2.05) is 0 Å². The lowest BCUT2D eigenvalue weighted by atomic mass is 10.0. The van der Waals surface area contributed by atoms with Crippen molar-refractivity contribution >= 4 is 11.9 Å². The van der Waals surface area contributed by atoms with Crippen LogP contribution in [0, 0.1) is 0 Å². The molecule has 0 bridgehead atoms. The zero-order chi connectivity index (χ0) is 69.0. The number of carbonyl (C=O) groups is 2. The number of allylic oxidation sites excluding steroid dienone is 18. The minimum absolute atomic E-state index is 0.0636. The first kappa shape index (κ1) is 92.6. The van der Waals surface area contributed by atoms with Gasteiger partial charge in [0.05, 0.1) is 6.61 Å². The van der Waals surface area contributed by atoms with Crippen molar-refractivity contribution in [3.63, 3.8) is 0 Å². The Hall–Kier alpha value is -3.44. The standard InChI is InChI=1S/C91H162O5/c1-3-5-7-9-11-13-15-17-19-21-23-25-27-29-31-33-35-37-39-41-43-45-47-49-51-53-55-57-59-61-63-65-67-69-71-73-75-77-79-81-83-85-90(93)95-88-89(87-92)96-91(94)86-84-82-80-78-76-74-72-70-68-66-64-62-60-58-56-54-52-50-48-46-44-42-40-38-36-34-32-30-28-26-24-22-20-18-16-14-12-10-8-6-4-2/h6,8,12,14,18,20-21,23-24,26,30,32,36,38,42,44,48,50,89,92H,3-5,7,9-11,13,15-17,19,22,25,27-29,31,33-35,37,39-41,43,45-47,49,51-88H2,1-2H3/b8-6-,14-12-,20-18-,23-21-,26-24-,32-30-,38-36-,44-42-,50-48-. The first-order valence-electron chi connectivity index (χ1n) is 42.4. The molecule has 96 heavy (non-hydrogen) atoms. The van der Waals surface area contributed by atoms with Crippen LogP contribution < -0.4 is 0 Å². The van der Waals surface area contributed by atoms with E-state index >= 15 is 0 Å². The summed E-state index contributed by atoms with van der Waals surface area (Å²) in [5, 5.41) is 9.74. The molecular weight excluding hydrogens is 1170 g/mol. The highest BCUT2D eigenvalue weighted by atomic mass is 16.6. The Balaban J connectivity index is 3.41. The highest BCUT2D eigenvalue weighted by Gasteiger charge is 2.16. The molecule has 0 rings (SSSR count). The number of carbonyl (C=O) groups excluding carboxylic acids is 2. The van der Waals surface area contributed by atoms with Gasteiger partial charge in [-0.3, -0.25) is 9.59 Å². The van der Waals surface area contributed by atoms with Gasteiger partial charge in [0.2, 0.25) is 0 Å². The second-order valence-electron chi connectivity index (χ2n) is 28.5. The maximum Gasteiger partial charge on any atom is 0.306 e. The normalized spacial score (nSPS) is 12.7. The molecule has 1 unspecified atom stereocenters. The Morgan fingerprint density at radius 2 is 0.448 bits per heavy atom. The topological polar surface area (TPSA) is 72.8 Å². The second-order valence-corrected chi connectivity index (χ2v) is 28.5. The molecule has 556 valence electrons. The van der Waals surface area contributed by atoms with Gasteiger partial charge in [-0.25, -0.2) is 0 Å². The molecule has 0 spiro atoms. The van der Waals surface area contributed by atoms with Crippen molar-refractivity contribution in [2.24, 2.45) is 0 Å². The number of aliphatic hydroxyl groups is 1. The van der Waals surface area contributed by atoms with Gasteiger partial charge >= 0.3 is 11.9 Å². The van der Waals surface area contributed by atoms with Crippen LogP contribution in [0.1, 0.15) is 438 Å². The summed E-state index contributed by atoms with van der Waals surface area (Å²) in [4.78, 5) is 24.8. The van der Waals surface area contributed by atoms with E-state index in [9.17, 15) is 14.7 Å². The zero-order valence-electron chi connectivity index (χ0n) is 64.1. The number of ether oxygens (including phenoxy) is 2. The smallest absolute Gasteiger partial charge is 0.306 e. The summed E-state index contributed by atoms with van der Waals surface area (Å²) in [5.41, 5.74) is 0. The van der Waals surface area contributed by atoms with Gasteiger partial charge in [-0.15, -0.1) is 0 Å². The summed E-state index contributed by atoms with van der Waals surface area (Å²) in [6, 6.07) is 0. The molecule has 0 aromatic carbocycles. The van der Waals surface area contributed by atoms with Crippen LogP contribution in [0.25, 0.3) is 0 Å². The van der Waals surface area contributed by atoms with Crippen molar-refractivity contribution in [3.8, 4) is 0 Å². The fraction of sp³-hybridized carbons (Fsp3) is 0.780. The average molecular weight is 1340 g/mol. The Kier molecular flexibility index (Phi) is 82.7. The Morgan fingerprint density at radius 3 is 0.688 bits per heavy atom. The summed E-state index contributed by atoms with van der Waals surface area (Å²) in [7, 11) is 0. The van der Waals surface area contributed by atoms with E-state index in [4.69, 9.17) is 9.47 Å². The van der Waals surface area contributed by atoms with Gasteiger partial charge in [0.1, 0.15) is 6.61 Å². The molecule has 0 aliphatic carbocycles. The maximum absolute atomic E-state index is 12.4. The van der Waals surface area contributed by atoms with Crippen LogP contribution in [0.5, 0.6) is 0 Å². The third-order valence-electron chi connectivity index (χ3n) is 19.1.